The summed E-state index contributed by atoms with van der Waals surface area (Å²) in [5, 5.41) is 3.41. The summed E-state index contributed by atoms with van der Waals surface area (Å²) in [4.78, 5) is 0. The Kier molecular flexibility index (Phi) is 6.61. The molecule has 0 aliphatic rings. The van der Waals surface area contributed by atoms with E-state index in [1.165, 1.54) is 0 Å². The van der Waals surface area contributed by atoms with E-state index in [1.54, 1.807) is 25.3 Å². The Morgan fingerprint density at radius 2 is 2.17 bits per heavy atom. The number of hydrogen-bond donors (Lipinski definition) is 1. The highest BCUT2D eigenvalue weighted by Gasteiger charge is 2.15. The van der Waals surface area contributed by atoms with Crippen molar-refractivity contribution in [1.82, 2.24) is 5.32 Å². The topological polar surface area (TPSA) is 21.3 Å². The van der Waals surface area contributed by atoms with Crippen LogP contribution >= 0.6 is 11.6 Å². The normalized spacial score (nSPS) is 14.5. The van der Waals surface area contributed by atoms with Gasteiger partial charge in [-0.3, -0.25) is 0 Å². The molecule has 2 atom stereocenters. The van der Waals surface area contributed by atoms with Gasteiger partial charge in [0, 0.05) is 19.8 Å². The molecule has 0 fully saturated rings. The van der Waals surface area contributed by atoms with E-state index < -0.39 is 0 Å². The van der Waals surface area contributed by atoms with Gasteiger partial charge in [-0.15, -0.1) is 0 Å². The smallest absolute Gasteiger partial charge is 0.145 e. The summed E-state index contributed by atoms with van der Waals surface area (Å²) in [5.41, 5.74) is 0.659. The Balaban J connectivity index is 2.65. The molecule has 2 unspecified atom stereocenters. The third-order valence-corrected chi connectivity index (χ3v) is 3.34. The number of nitrogens with one attached hydrogen (secondary N) is 1. The molecule has 4 heteroatoms. The molecule has 0 aliphatic heterocycles. The van der Waals surface area contributed by atoms with Crippen molar-refractivity contribution in [2.75, 3.05) is 20.8 Å². The summed E-state index contributed by atoms with van der Waals surface area (Å²) >= 11 is 5.78. The van der Waals surface area contributed by atoms with Crippen LogP contribution in [-0.4, -0.2) is 26.8 Å². The van der Waals surface area contributed by atoms with Gasteiger partial charge in [-0.25, -0.2) is 4.39 Å². The minimum Gasteiger partial charge on any atom is -0.384 e. The average molecular weight is 274 g/mol. The van der Waals surface area contributed by atoms with E-state index >= 15 is 0 Å². The zero-order chi connectivity index (χ0) is 13.5. The molecule has 0 radical (unpaired) electrons. The van der Waals surface area contributed by atoms with Crippen LogP contribution in [0, 0.1) is 11.7 Å². The van der Waals surface area contributed by atoms with E-state index in [0.29, 0.717) is 17.9 Å². The van der Waals surface area contributed by atoms with Crippen LogP contribution in [0.25, 0.3) is 0 Å². The van der Waals surface area contributed by atoms with Gasteiger partial charge in [0.05, 0.1) is 5.02 Å². The lowest BCUT2D eigenvalue weighted by molar-refractivity contribution is 0.150. The first kappa shape index (κ1) is 15.4. The van der Waals surface area contributed by atoms with Gasteiger partial charge in [-0.05, 0) is 37.4 Å². The van der Waals surface area contributed by atoms with E-state index in [4.69, 9.17) is 16.3 Å². The number of hydrogen-bond acceptors (Lipinski definition) is 2. The molecule has 0 aliphatic carbocycles. The summed E-state index contributed by atoms with van der Waals surface area (Å²) in [6, 6.07) is 5.36. The lowest BCUT2D eigenvalue weighted by atomic mass is 9.96. The molecule has 0 spiro atoms. The van der Waals surface area contributed by atoms with Crippen LogP contribution in [0.1, 0.15) is 18.9 Å². The van der Waals surface area contributed by atoms with Gasteiger partial charge < -0.3 is 10.1 Å². The standard InChI is InChI=1S/C14H21ClFNO/c1-10(9-18-3)7-12(17-2)8-11-5-4-6-13(15)14(11)16/h4-6,10,12,17H,7-9H2,1-3H3. The zero-order valence-electron chi connectivity index (χ0n) is 11.2. The molecule has 0 bridgehead atoms. The van der Waals surface area contributed by atoms with Crippen molar-refractivity contribution in [2.24, 2.45) is 5.92 Å². The molecule has 1 aromatic rings. The van der Waals surface area contributed by atoms with Crippen molar-refractivity contribution in [3.05, 3.63) is 34.6 Å². The van der Waals surface area contributed by atoms with Crippen molar-refractivity contribution in [1.29, 1.82) is 0 Å². The first-order valence-corrected chi connectivity index (χ1v) is 6.55. The third-order valence-electron chi connectivity index (χ3n) is 3.04. The van der Waals surface area contributed by atoms with Crippen LogP contribution in [0.4, 0.5) is 4.39 Å². The molecule has 0 saturated carbocycles. The quantitative estimate of drug-likeness (QED) is 0.823. The monoisotopic (exact) mass is 273 g/mol. The SMILES string of the molecule is CNC(Cc1cccc(Cl)c1F)CC(C)COC. The minimum absolute atomic E-state index is 0.187. The van der Waals surface area contributed by atoms with Gasteiger partial charge in [0.15, 0.2) is 0 Å². The molecule has 0 amide bonds. The highest BCUT2D eigenvalue weighted by molar-refractivity contribution is 6.30. The third kappa shape index (κ3) is 4.56. The van der Waals surface area contributed by atoms with Crippen LogP contribution < -0.4 is 5.32 Å². The summed E-state index contributed by atoms with van der Waals surface area (Å²) in [6.45, 7) is 2.85. The maximum Gasteiger partial charge on any atom is 0.145 e. The summed E-state index contributed by atoms with van der Waals surface area (Å²) in [5.74, 6) is 0.133. The number of halogens is 2. The fourth-order valence-corrected chi connectivity index (χ4v) is 2.31. The molecule has 0 aromatic heterocycles. The highest BCUT2D eigenvalue weighted by atomic mass is 35.5. The van der Waals surface area contributed by atoms with Crippen LogP contribution in [0.2, 0.25) is 5.02 Å². The second-order valence-electron chi connectivity index (χ2n) is 4.70. The molecular weight excluding hydrogens is 253 g/mol. The molecule has 0 saturated heterocycles. The first-order valence-electron chi connectivity index (χ1n) is 6.17. The maximum absolute atomic E-state index is 13.8. The molecule has 2 nitrogen and oxygen atoms in total. The van der Waals surface area contributed by atoms with E-state index in [-0.39, 0.29) is 16.9 Å². The van der Waals surface area contributed by atoms with E-state index in [2.05, 4.69) is 12.2 Å². The molecule has 1 rings (SSSR count). The Labute approximate surface area is 113 Å². The number of likely N-dealkylation sites (N-methyl/N-ethyl adjacent to an activating group) is 1. The van der Waals surface area contributed by atoms with Crippen molar-refractivity contribution < 1.29 is 9.13 Å². The Morgan fingerprint density at radius 3 is 2.78 bits per heavy atom. The molecule has 1 aromatic carbocycles. The van der Waals surface area contributed by atoms with Crippen LogP contribution in [-0.2, 0) is 11.2 Å². The molecule has 102 valence electrons. The number of ether oxygens (including phenoxy) is 1. The molecule has 18 heavy (non-hydrogen) atoms. The Morgan fingerprint density at radius 1 is 1.44 bits per heavy atom. The predicted octanol–water partition coefficient (Wildman–Crippen LogP) is 3.28. The minimum atomic E-state index is -0.307. The fraction of sp³-hybridized carbons (Fsp3) is 0.571. The largest absolute Gasteiger partial charge is 0.384 e. The van der Waals surface area contributed by atoms with Crippen molar-refractivity contribution >= 4 is 11.6 Å². The number of benzene rings is 1. The van der Waals surface area contributed by atoms with Crippen LogP contribution in [0.5, 0.6) is 0 Å². The maximum atomic E-state index is 13.8. The van der Waals surface area contributed by atoms with E-state index in [0.717, 1.165) is 13.0 Å². The number of methoxy groups -OCH3 is 1. The van der Waals surface area contributed by atoms with E-state index in [9.17, 15) is 4.39 Å². The highest BCUT2D eigenvalue weighted by Crippen LogP contribution is 2.20. The molecular formula is C14H21ClFNO. The predicted molar refractivity (Wildman–Crippen MR) is 73.6 cm³/mol. The van der Waals surface area contributed by atoms with Crippen LogP contribution in [0.3, 0.4) is 0 Å². The second kappa shape index (κ2) is 7.72. The van der Waals surface area contributed by atoms with Crippen molar-refractivity contribution in [3.8, 4) is 0 Å². The first-order chi connectivity index (χ1) is 8.58. The van der Waals surface area contributed by atoms with Gasteiger partial charge in [-0.2, -0.15) is 0 Å². The zero-order valence-corrected chi connectivity index (χ0v) is 11.9. The van der Waals surface area contributed by atoms with Crippen molar-refractivity contribution in [2.45, 2.75) is 25.8 Å². The van der Waals surface area contributed by atoms with Gasteiger partial charge >= 0.3 is 0 Å². The Hall–Kier alpha value is -0.640. The number of rotatable bonds is 7. The second-order valence-corrected chi connectivity index (χ2v) is 5.11. The van der Waals surface area contributed by atoms with Gasteiger partial charge in [0.2, 0.25) is 0 Å². The van der Waals surface area contributed by atoms with Crippen LogP contribution in [0.15, 0.2) is 18.2 Å². The average Bonchev–Trinajstić information content (AvgIpc) is 2.34. The van der Waals surface area contributed by atoms with Crippen molar-refractivity contribution in [3.63, 3.8) is 0 Å². The lowest BCUT2D eigenvalue weighted by Crippen LogP contribution is -2.30. The summed E-state index contributed by atoms with van der Waals surface area (Å²) < 4.78 is 18.9. The fourth-order valence-electron chi connectivity index (χ4n) is 2.11. The molecule has 0 heterocycles. The summed E-state index contributed by atoms with van der Waals surface area (Å²) in [7, 11) is 3.59. The van der Waals surface area contributed by atoms with E-state index in [1.807, 2.05) is 7.05 Å². The van der Waals surface area contributed by atoms with Gasteiger partial charge in [-0.1, -0.05) is 30.7 Å². The Bertz CT molecular complexity index is 373. The molecule has 1 N–H and O–H groups in total. The van der Waals surface area contributed by atoms with Gasteiger partial charge in [0.25, 0.3) is 0 Å². The summed E-state index contributed by atoms with van der Waals surface area (Å²) in [6.07, 6.45) is 1.58. The van der Waals surface area contributed by atoms with Gasteiger partial charge in [0.1, 0.15) is 5.82 Å². The lowest BCUT2D eigenvalue weighted by Gasteiger charge is -2.20.